The fraction of sp³-hybridized carbons (Fsp3) is 0.348. The van der Waals surface area contributed by atoms with Crippen LogP contribution < -0.4 is 0 Å². The molecule has 2 aromatic carbocycles. The SMILES string of the molecule is CC(CN1C(=O)c2ccccc2C1=O)N1CCC(c2noc3cccc(F)c23)CC1.Cl. The molecule has 3 heterocycles. The minimum atomic E-state index is -0.301. The summed E-state index contributed by atoms with van der Waals surface area (Å²) >= 11 is 0. The van der Waals surface area contributed by atoms with E-state index in [2.05, 4.69) is 10.1 Å². The van der Waals surface area contributed by atoms with E-state index < -0.39 is 0 Å². The standard InChI is InChI=1S/C23H22FN3O3.ClH/c1-14(13-27-22(28)16-5-2-3-6-17(16)23(27)29)26-11-9-15(10-12-26)21-20-18(24)7-4-8-19(20)30-25-21;/h2-8,14-15H,9-13H2,1H3;1H. The van der Waals surface area contributed by atoms with Gasteiger partial charge in [-0.15, -0.1) is 12.4 Å². The molecule has 5 rings (SSSR count). The molecule has 2 aliphatic heterocycles. The number of amides is 2. The molecule has 2 amide bonds. The maximum Gasteiger partial charge on any atom is 0.261 e. The van der Waals surface area contributed by atoms with Gasteiger partial charge in [0.05, 0.1) is 22.2 Å². The topological polar surface area (TPSA) is 66.7 Å². The molecule has 1 fully saturated rings. The first-order valence-electron chi connectivity index (χ1n) is 10.3. The highest BCUT2D eigenvalue weighted by Gasteiger charge is 2.37. The number of imide groups is 1. The lowest BCUT2D eigenvalue weighted by Gasteiger charge is -2.36. The Bertz CT molecular complexity index is 1110. The quantitative estimate of drug-likeness (QED) is 0.564. The Kier molecular flexibility index (Phi) is 5.81. The number of nitrogens with zero attached hydrogens (tertiary/aromatic N) is 3. The molecule has 31 heavy (non-hydrogen) atoms. The van der Waals surface area contributed by atoms with Gasteiger partial charge >= 0.3 is 0 Å². The molecule has 6 nitrogen and oxygen atoms in total. The minimum absolute atomic E-state index is 0. The van der Waals surface area contributed by atoms with Crippen LogP contribution in [0.5, 0.6) is 0 Å². The smallest absolute Gasteiger partial charge is 0.261 e. The molecular weight excluding hydrogens is 421 g/mol. The number of hydrogen-bond acceptors (Lipinski definition) is 5. The summed E-state index contributed by atoms with van der Waals surface area (Å²) in [5, 5.41) is 4.63. The van der Waals surface area contributed by atoms with Crippen LogP contribution in [0.4, 0.5) is 4.39 Å². The van der Waals surface area contributed by atoms with Crippen molar-refractivity contribution in [3.63, 3.8) is 0 Å². The van der Waals surface area contributed by atoms with E-state index in [9.17, 15) is 14.0 Å². The largest absolute Gasteiger partial charge is 0.356 e. The summed E-state index contributed by atoms with van der Waals surface area (Å²) in [6.07, 6.45) is 1.64. The van der Waals surface area contributed by atoms with Crippen molar-refractivity contribution >= 4 is 35.2 Å². The van der Waals surface area contributed by atoms with Gasteiger partial charge in [-0.1, -0.05) is 23.4 Å². The number of halogens is 2. The molecule has 162 valence electrons. The predicted molar refractivity (Wildman–Crippen MR) is 116 cm³/mol. The second-order valence-electron chi connectivity index (χ2n) is 8.11. The van der Waals surface area contributed by atoms with Crippen LogP contribution in [0.2, 0.25) is 0 Å². The lowest BCUT2D eigenvalue weighted by atomic mass is 9.91. The normalized spacial score (nSPS) is 18.3. The zero-order chi connectivity index (χ0) is 20.8. The van der Waals surface area contributed by atoms with E-state index in [-0.39, 0.29) is 42.0 Å². The average Bonchev–Trinajstić information content (AvgIpc) is 3.31. The molecule has 0 spiro atoms. The van der Waals surface area contributed by atoms with Crippen molar-refractivity contribution in [2.45, 2.75) is 31.7 Å². The van der Waals surface area contributed by atoms with Crippen molar-refractivity contribution in [2.75, 3.05) is 19.6 Å². The van der Waals surface area contributed by atoms with Crippen molar-refractivity contribution < 1.29 is 18.5 Å². The summed E-state index contributed by atoms with van der Waals surface area (Å²) in [7, 11) is 0. The molecule has 8 heteroatoms. The summed E-state index contributed by atoms with van der Waals surface area (Å²) in [6.45, 7) is 3.98. The van der Waals surface area contributed by atoms with Gasteiger partial charge in [0.2, 0.25) is 0 Å². The second-order valence-corrected chi connectivity index (χ2v) is 8.11. The van der Waals surface area contributed by atoms with Crippen LogP contribution in [-0.4, -0.2) is 52.4 Å². The highest BCUT2D eigenvalue weighted by Crippen LogP contribution is 2.34. The molecular formula is C23H23ClFN3O3. The number of fused-ring (bicyclic) bond motifs is 2. The summed E-state index contributed by atoms with van der Waals surface area (Å²) < 4.78 is 19.6. The highest BCUT2D eigenvalue weighted by atomic mass is 35.5. The molecule has 1 atom stereocenters. The van der Waals surface area contributed by atoms with Crippen molar-refractivity contribution in [2.24, 2.45) is 0 Å². The highest BCUT2D eigenvalue weighted by molar-refractivity contribution is 6.21. The fourth-order valence-corrected chi connectivity index (χ4v) is 4.65. The van der Waals surface area contributed by atoms with E-state index in [0.717, 1.165) is 25.9 Å². The Labute approximate surface area is 185 Å². The third-order valence-corrected chi connectivity index (χ3v) is 6.34. The van der Waals surface area contributed by atoms with Gasteiger partial charge in [0.1, 0.15) is 5.82 Å². The first-order valence-corrected chi connectivity index (χ1v) is 10.3. The van der Waals surface area contributed by atoms with E-state index in [4.69, 9.17) is 4.52 Å². The Balaban J connectivity index is 0.00000231. The maximum atomic E-state index is 14.3. The summed E-state index contributed by atoms with van der Waals surface area (Å²) in [6, 6.07) is 11.8. The summed E-state index contributed by atoms with van der Waals surface area (Å²) in [4.78, 5) is 28.9. The third-order valence-electron chi connectivity index (χ3n) is 6.34. The Morgan fingerprint density at radius 3 is 2.35 bits per heavy atom. The summed E-state index contributed by atoms with van der Waals surface area (Å²) in [5.41, 5.74) is 2.13. The maximum absolute atomic E-state index is 14.3. The van der Waals surface area contributed by atoms with Crippen molar-refractivity contribution in [1.29, 1.82) is 0 Å². The Hall–Kier alpha value is -2.77. The number of hydrogen-bond donors (Lipinski definition) is 0. The number of aromatic nitrogens is 1. The Morgan fingerprint density at radius 1 is 1.06 bits per heavy atom. The van der Waals surface area contributed by atoms with Crippen molar-refractivity contribution in [3.05, 3.63) is 65.1 Å². The van der Waals surface area contributed by atoms with E-state index in [0.29, 0.717) is 34.3 Å². The molecule has 2 aliphatic rings. The Morgan fingerprint density at radius 2 is 1.71 bits per heavy atom. The number of likely N-dealkylation sites (tertiary alicyclic amines) is 1. The van der Waals surface area contributed by atoms with Gasteiger partial charge in [0.25, 0.3) is 11.8 Å². The van der Waals surface area contributed by atoms with Gasteiger partial charge in [-0.05, 0) is 57.1 Å². The molecule has 0 aliphatic carbocycles. The van der Waals surface area contributed by atoms with Gasteiger partial charge in [-0.2, -0.15) is 0 Å². The lowest BCUT2D eigenvalue weighted by molar-refractivity contribution is 0.0579. The number of rotatable bonds is 4. The number of carbonyl (C=O) groups is 2. The van der Waals surface area contributed by atoms with E-state index in [1.54, 1.807) is 36.4 Å². The van der Waals surface area contributed by atoms with Gasteiger partial charge in [0, 0.05) is 18.5 Å². The van der Waals surface area contributed by atoms with Crippen LogP contribution in [0, 0.1) is 5.82 Å². The first kappa shape index (κ1) is 21.5. The van der Waals surface area contributed by atoms with Crippen LogP contribution in [0.15, 0.2) is 47.0 Å². The molecule has 3 aromatic rings. The van der Waals surface area contributed by atoms with Crippen LogP contribution in [0.3, 0.4) is 0 Å². The molecule has 0 saturated carbocycles. The first-order chi connectivity index (χ1) is 14.5. The zero-order valence-electron chi connectivity index (χ0n) is 17.1. The second kappa shape index (κ2) is 8.40. The van der Waals surface area contributed by atoms with E-state index >= 15 is 0 Å². The van der Waals surface area contributed by atoms with Crippen LogP contribution in [0.1, 0.15) is 52.1 Å². The zero-order valence-corrected chi connectivity index (χ0v) is 17.9. The monoisotopic (exact) mass is 443 g/mol. The molecule has 0 bridgehead atoms. The molecule has 1 aromatic heterocycles. The van der Waals surface area contributed by atoms with Gasteiger partial charge in [-0.3, -0.25) is 19.4 Å². The van der Waals surface area contributed by atoms with Gasteiger partial charge in [0.15, 0.2) is 5.58 Å². The van der Waals surface area contributed by atoms with E-state index in [1.807, 2.05) is 6.92 Å². The minimum Gasteiger partial charge on any atom is -0.356 e. The summed E-state index contributed by atoms with van der Waals surface area (Å²) in [5.74, 6) is -0.611. The van der Waals surface area contributed by atoms with Crippen LogP contribution in [-0.2, 0) is 0 Å². The van der Waals surface area contributed by atoms with Gasteiger partial charge < -0.3 is 4.52 Å². The molecule has 1 saturated heterocycles. The number of piperidine rings is 1. The predicted octanol–water partition coefficient (Wildman–Crippen LogP) is 4.25. The van der Waals surface area contributed by atoms with Crippen LogP contribution >= 0.6 is 12.4 Å². The van der Waals surface area contributed by atoms with Crippen molar-refractivity contribution in [1.82, 2.24) is 15.0 Å². The lowest BCUT2D eigenvalue weighted by Crippen LogP contribution is -2.47. The van der Waals surface area contributed by atoms with Crippen LogP contribution in [0.25, 0.3) is 11.0 Å². The van der Waals surface area contributed by atoms with E-state index in [1.165, 1.54) is 11.0 Å². The fourth-order valence-electron chi connectivity index (χ4n) is 4.65. The number of benzene rings is 2. The molecule has 1 unspecified atom stereocenters. The number of carbonyl (C=O) groups excluding carboxylic acids is 2. The molecule has 0 radical (unpaired) electrons. The van der Waals surface area contributed by atoms with Gasteiger partial charge in [-0.25, -0.2) is 4.39 Å². The molecule has 0 N–H and O–H groups in total. The average molecular weight is 444 g/mol. The third kappa shape index (κ3) is 3.62. The van der Waals surface area contributed by atoms with Crippen molar-refractivity contribution in [3.8, 4) is 0 Å².